The van der Waals surface area contributed by atoms with Crippen molar-refractivity contribution in [2.45, 2.75) is 39.3 Å². The Labute approximate surface area is 114 Å². The Hall–Kier alpha value is -1.67. The predicted molar refractivity (Wildman–Crippen MR) is 79.0 cm³/mol. The van der Waals surface area contributed by atoms with Gasteiger partial charge in [0.1, 0.15) is 0 Å². The number of aromatic nitrogens is 1. The molecule has 3 rings (SSSR count). The summed E-state index contributed by atoms with van der Waals surface area (Å²) in [6, 6.07) is 9.63. The Morgan fingerprint density at radius 1 is 1.11 bits per heavy atom. The number of nitrogens with zero attached hydrogens (tertiary/aromatic N) is 1. The van der Waals surface area contributed by atoms with E-state index in [9.17, 15) is 0 Å². The zero-order chi connectivity index (χ0) is 13.2. The van der Waals surface area contributed by atoms with E-state index in [1.165, 1.54) is 40.7 Å². The topological polar surface area (TPSA) is 24.9 Å². The van der Waals surface area contributed by atoms with Crippen molar-refractivity contribution in [1.29, 1.82) is 0 Å². The summed E-state index contributed by atoms with van der Waals surface area (Å²) < 4.78 is 0. The van der Waals surface area contributed by atoms with Gasteiger partial charge in [0.05, 0.1) is 0 Å². The first-order chi connectivity index (χ1) is 9.24. The molecule has 2 aromatic rings. The van der Waals surface area contributed by atoms with Crippen LogP contribution in [0.3, 0.4) is 0 Å². The molecule has 19 heavy (non-hydrogen) atoms. The van der Waals surface area contributed by atoms with Crippen molar-refractivity contribution in [2.24, 2.45) is 0 Å². The van der Waals surface area contributed by atoms with Gasteiger partial charge < -0.3 is 5.32 Å². The number of aryl methyl sites for hydroxylation is 2. The van der Waals surface area contributed by atoms with Gasteiger partial charge in [-0.05, 0) is 60.6 Å². The highest BCUT2D eigenvalue weighted by atomic mass is 14.9. The Bertz CT molecular complexity index is 586. The standard InChI is InChI=1S/C17H20N2/c1-12-9-14(11-19-15-4-5-15)3-6-16(12)17-7-8-18-10-13(17)2/h3,6-10,15,19H,4-5,11H2,1-2H3. The molecular weight excluding hydrogens is 232 g/mol. The van der Waals surface area contributed by atoms with Crippen LogP contribution in [0, 0.1) is 13.8 Å². The minimum Gasteiger partial charge on any atom is -0.310 e. The molecule has 2 nitrogen and oxygen atoms in total. The van der Waals surface area contributed by atoms with E-state index >= 15 is 0 Å². The third-order valence-corrected chi connectivity index (χ3v) is 3.77. The van der Waals surface area contributed by atoms with E-state index in [4.69, 9.17) is 0 Å². The fourth-order valence-corrected chi connectivity index (χ4v) is 2.46. The summed E-state index contributed by atoms with van der Waals surface area (Å²) in [6.07, 6.45) is 6.47. The first kappa shape index (κ1) is 12.4. The molecule has 0 unspecified atom stereocenters. The molecule has 2 heteroatoms. The Balaban J connectivity index is 1.84. The Morgan fingerprint density at radius 2 is 1.89 bits per heavy atom. The molecule has 1 aromatic carbocycles. The lowest BCUT2D eigenvalue weighted by Gasteiger charge is -2.11. The van der Waals surface area contributed by atoms with E-state index in [0.717, 1.165) is 12.6 Å². The molecule has 1 aromatic heterocycles. The summed E-state index contributed by atoms with van der Waals surface area (Å²) in [5.41, 5.74) is 6.54. The van der Waals surface area contributed by atoms with Crippen molar-refractivity contribution in [3.8, 4) is 11.1 Å². The lowest BCUT2D eigenvalue weighted by Crippen LogP contribution is -2.15. The van der Waals surface area contributed by atoms with Crippen LogP contribution >= 0.6 is 0 Å². The second-order valence-electron chi connectivity index (χ2n) is 5.50. The second kappa shape index (κ2) is 5.14. The number of hydrogen-bond donors (Lipinski definition) is 1. The molecule has 0 saturated heterocycles. The summed E-state index contributed by atoms with van der Waals surface area (Å²) >= 11 is 0. The first-order valence-corrected chi connectivity index (χ1v) is 6.98. The number of rotatable bonds is 4. The SMILES string of the molecule is Cc1cnccc1-c1ccc(CNC2CC2)cc1C. The molecule has 1 aliphatic carbocycles. The largest absolute Gasteiger partial charge is 0.310 e. The van der Waals surface area contributed by atoms with E-state index in [1.807, 2.05) is 12.4 Å². The fourth-order valence-electron chi connectivity index (χ4n) is 2.46. The maximum atomic E-state index is 4.16. The van der Waals surface area contributed by atoms with Crippen LogP contribution in [0.4, 0.5) is 0 Å². The van der Waals surface area contributed by atoms with Gasteiger partial charge in [0.25, 0.3) is 0 Å². The van der Waals surface area contributed by atoms with Crippen LogP contribution in [0.25, 0.3) is 11.1 Å². The number of hydrogen-bond acceptors (Lipinski definition) is 2. The molecule has 0 spiro atoms. The maximum Gasteiger partial charge on any atom is 0.0303 e. The molecule has 0 aliphatic heterocycles. The Kier molecular flexibility index (Phi) is 3.34. The van der Waals surface area contributed by atoms with E-state index in [-0.39, 0.29) is 0 Å². The van der Waals surface area contributed by atoms with Gasteiger partial charge in [-0.3, -0.25) is 4.98 Å². The smallest absolute Gasteiger partial charge is 0.0303 e. The molecule has 1 saturated carbocycles. The predicted octanol–water partition coefficient (Wildman–Crippen LogP) is 3.62. The molecular formula is C17H20N2. The van der Waals surface area contributed by atoms with Gasteiger partial charge >= 0.3 is 0 Å². The maximum absolute atomic E-state index is 4.16. The molecule has 98 valence electrons. The van der Waals surface area contributed by atoms with Gasteiger partial charge in [-0.2, -0.15) is 0 Å². The molecule has 0 atom stereocenters. The van der Waals surface area contributed by atoms with Crippen molar-refractivity contribution in [3.05, 3.63) is 53.3 Å². The van der Waals surface area contributed by atoms with Crippen LogP contribution in [0.1, 0.15) is 29.5 Å². The average molecular weight is 252 g/mol. The first-order valence-electron chi connectivity index (χ1n) is 6.98. The zero-order valence-corrected chi connectivity index (χ0v) is 11.6. The zero-order valence-electron chi connectivity index (χ0n) is 11.6. The average Bonchev–Trinajstić information content (AvgIpc) is 3.22. The highest BCUT2D eigenvalue weighted by molar-refractivity contribution is 5.70. The summed E-state index contributed by atoms with van der Waals surface area (Å²) in [6.45, 7) is 5.29. The molecule has 0 bridgehead atoms. The van der Waals surface area contributed by atoms with E-state index in [2.05, 4.69) is 48.4 Å². The van der Waals surface area contributed by atoms with Crippen LogP contribution in [0.15, 0.2) is 36.7 Å². The van der Waals surface area contributed by atoms with Crippen LogP contribution in [-0.4, -0.2) is 11.0 Å². The van der Waals surface area contributed by atoms with Gasteiger partial charge in [0.15, 0.2) is 0 Å². The van der Waals surface area contributed by atoms with Crippen LogP contribution in [0.2, 0.25) is 0 Å². The number of benzene rings is 1. The van der Waals surface area contributed by atoms with Crippen molar-refractivity contribution < 1.29 is 0 Å². The highest BCUT2D eigenvalue weighted by Crippen LogP contribution is 2.27. The molecule has 0 amide bonds. The van der Waals surface area contributed by atoms with Gasteiger partial charge in [-0.25, -0.2) is 0 Å². The highest BCUT2D eigenvalue weighted by Gasteiger charge is 2.19. The number of nitrogens with one attached hydrogen (secondary N) is 1. The van der Waals surface area contributed by atoms with E-state index in [1.54, 1.807) is 0 Å². The normalized spacial score (nSPS) is 14.6. The quantitative estimate of drug-likeness (QED) is 0.899. The third kappa shape index (κ3) is 2.85. The lowest BCUT2D eigenvalue weighted by atomic mass is 9.96. The van der Waals surface area contributed by atoms with E-state index in [0.29, 0.717) is 0 Å². The van der Waals surface area contributed by atoms with Gasteiger partial charge in [0.2, 0.25) is 0 Å². The minimum atomic E-state index is 0.766. The molecule has 1 aliphatic rings. The summed E-state index contributed by atoms with van der Waals surface area (Å²) in [5.74, 6) is 0. The Morgan fingerprint density at radius 3 is 2.58 bits per heavy atom. The van der Waals surface area contributed by atoms with Crippen molar-refractivity contribution >= 4 is 0 Å². The summed E-state index contributed by atoms with van der Waals surface area (Å²) in [4.78, 5) is 4.16. The molecule has 0 radical (unpaired) electrons. The molecule has 1 heterocycles. The minimum absolute atomic E-state index is 0.766. The van der Waals surface area contributed by atoms with Crippen LogP contribution in [-0.2, 0) is 6.54 Å². The van der Waals surface area contributed by atoms with Gasteiger partial charge in [-0.1, -0.05) is 18.2 Å². The van der Waals surface area contributed by atoms with Crippen molar-refractivity contribution in [1.82, 2.24) is 10.3 Å². The molecule has 1 fully saturated rings. The molecule has 1 N–H and O–H groups in total. The number of pyridine rings is 1. The fraction of sp³-hybridized carbons (Fsp3) is 0.353. The van der Waals surface area contributed by atoms with E-state index < -0.39 is 0 Å². The van der Waals surface area contributed by atoms with Gasteiger partial charge in [0, 0.05) is 25.0 Å². The third-order valence-electron chi connectivity index (χ3n) is 3.77. The van der Waals surface area contributed by atoms with Gasteiger partial charge in [-0.15, -0.1) is 0 Å². The summed E-state index contributed by atoms with van der Waals surface area (Å²) in [7, 11) is 0. The van der Waals surface area contributed by atoms with Crippen LogP contribution < -0.4 is 5.32 Å². The van der Waals surface area contributed by atoms with Crippen molar-refractivity contribution in [3.63, 3.8) is 0 Å². The second-order valence-corrected chi connectivity index (χ2v) is 5.50. The van der Waals surface area contributed by atoms with Crippen LogP contribution in [0.5, 0.6) is 0 Å². The monoisotopic (exact) mass is 252 g/mol. The summed E-state index contributed by atoms with van der Waals surface area (Å²) in [5, 5.41) is 3.56. The lowest BCUT2D eigenvalue weighted by molar-refractivity contribution is 0.687. The van der Waals surface area contributed by atoms with Crippen molar-refractivity contribution in [2.75, 3.05) is 0 Å².